The van der Waals surface area contributed by atoms with E-state index in [2.05, 4.69) is 9.97 Å². The highest BCUT2D eigenvalue weighted by Gasteiger charge is 2.08. The van der Waals surface area contributed by atoms with Crippen LogP contribution in [0, 0.1) is 6.92 Å². The molecule has 0 saturated heterocycles. The number of rotatable bonds is 1. The van der Waals surface area contributed by atoms with Crippen molar-refractivity contribution in [1.82, 2.24) is 9.97 Å². The fourth-order valence-corrected chi connectivity index (χ4v) is 2.25. The standard InChI is InChI=1S/C14H12ClN3.ClH/c1-8-6-9(7-10(15)13(8)16)14-17-11-4-2-3-5-12(11)18-14;/h2-7H,16H2,1H3,(H,17,18);1H. The van der Waals surface area contributed by atoms with Crippen molar-refractivity contribution in [3.63, 3.8) is 0 Å². The van der Waals surface area contributed by atoms with Gasteiger partial charge in [0.2, 0.25) is 0 Å². The van der Waals surface area contributed by atoms with Crippen molar-refractivity contribution in [1.29, 1.82) is 0 Å². The summed E-state index contributed by atoms with van der Waals surface area (Å²) in [5.74, 6) is 0.807. The van der Waals surface area contributed by atoms with Crippen LogP contribution in [0.25, 0.3) is 22.4 Å². The highest BCUT2D eigenvalue weighted by atomic mass is 35.5. The summed E-state index contributed by atoms with van der Waals surface area (Å²) in [6.07, 6.45) is 0. The Morgan fingerprint density at radius 1 is 1.21 bits per heavy atom. The number of nitrogen functional groups attached to an aromatic ring is 1. The van der Waals surface area contributed by atoms with Gasteiger partial charge in [-0.1, -0.05) is 23.7 Å². The molecular formula is C14H13Cl2N3. The number of nitrogens with zero attached hydrogens (tertiary/aromatic N) is 1. The quantitative estimate of drug-likeness (QED) is 0.661. The van der Waals surface area contributed by atoms with Crippen molar-refractivity contribution >= 4 is 40.7 Å². The average molecular weight is 294 g/mol. The number of anilines is 1. The van der Waals surface area contributed by atoms with Gasteiger partial charge in [-0.15, -0.1) is 12.4 Å². The number of aromatic nitrogens is 2. The topological polar surface area (TPSA) is 54.7 Å². The number of hydrogen-bond acceptors (Lipinski definition) is 2. The lowest BCUT2D eigenvalue weighted by Gasteiger charge is -2.05. The molecule has 0 saturated carbocycles. The number of aryl methyl sites for hydroxylation is 1. The summed E-state index contributed by atoms with van der Waals surface area (Å²) in [6.45, 7) is 1.94. The Morgan fingerprint density at radius 2 is 1.95 bits per heavy atom. The molecule has 0 fully saturated rings. The molecule has 19 heavy (non-hydrogen) atoms. The first-order valence-corrected chi connectivity index (χ1v) is 6.03. The molecule has 5 heteroatoms. The molecule has 0 unspecified atom stereocenters. The highest BCUT2D eigenvalue weighted by Crippen LogP contribution is 2.29. The molecule has 3 aromatic rings. The number of aromatic amines is 1. The van der Waals surface area contributed by atoms with E-state index in [0.29, 0.717) is 10.7 Å². The Kier molecular flexibility index (Phi) is 3.69. The maximum absolute atomic E-state index is 6.10. The summed E-state index contributed by atoms with van der Waals surface area (Å²) in [5.41, 5.74) is 10.3. The smallest absolute Gasteiger partial charge is 0.138 e. The van der Waals surface area contributed by atoms with E-state index in [1.165, 1.54) is 0 Å². The third-order valence-electron chi connectivity index (χ3n) is 3.00. The van der Waals surface area contributed by atoms with E-state index in [1.54, 1.807) is 0 Å². The number of imidazole rings is 1. The second-order valence-corrected chi connectivity index (χ2v) is 4.70. The molecule has 0 aliphatic carbocycles. The van der Waals surface area contributed by atoms with Gasteiger partial charge in [0.05, 0.1) is 21.7 Å². The molecule has 1 aromatic heterocycles. The summed E-state index contributed by atoms with van der Waals surface area (Å²) in [4.78, 5) is 7.82. The van der Waals surface area contributed by atoms with E-state index in [0.717, 1.165) is 28.0 Å². The van der Waals surface area contributed by atoms with Gasteiger partial charge in [-0.2, -0.15) is 0 Å². The van der Waals surface area contributed by atoms with Crippen molar-refractivity contribution in [3.8, 4) is 11.4 Å². The molecule has 0 spiro atoms. The van der Waals surface area contributed by atoms with E-state index in [4.69, 9.17) is 17.3 Å². The zero-order chi connectivity index (χ0) is 12.7. The van der Waals surface area contributed by atoms with Crippen LogP contribution in [-0.4, -0.2) is 9.97 Å². The van der Waals surface area contributed by atoms with Crippen molar-refractivity contribution in [3.05, 3.63) is 47.0 Å². The maximum Gasteiger partial charge on any atom is 0.138 e. The molecule has 1 heterocycles. The number of H-pyrrole nitrogens is 1. The largest absolute Gasteiger partial charge is 0.397 e. The second-order valence-electron chi connectivity index (χ2n) is 4.29. The van der Waals surface area contributed by atoms with Gasteiger partial charge in [-0.3, -0.25) is 0 Å². The van der Waals surface area contributed by atoms with Gasteiger partial charge in [0.15, 0.2) is 0 Å². The number of benzene rings is 2. The average Bonchev–Trinajstić information content (AvgIpc) is 2.79. The van der Waals surface area contributed by atoms with Crippen LogP contribution in [-0.2, 0) is 0 Å². The molecule has 0 radical (unpaired) electrons. The molecule has 3 N–H and O–H groups in total. The molecule has 0 atom stereocenters. The summed E-state index contributed by atoms with van der Waals surface area (Å²) in [6, 6.07) is 11.7. The number of fused-ring (bicyclic) bond motifs is 1. The summed E-state index contributed by atoms with van der Waals surface area (Å²) < 4.78 is 0. The van der Waals surface area contributed by atoms with Gasteiger partial charge in [0.25, 0.3) is 0 Å². The summed E-state index contributed by atoms with van der Waals surface area (Å²) >= 11 is 6.10. The first-order valence-electron chi connectivity index (χ1n) is 5.66. The lowest BCUT2D eigenvalue weighted by atomic mass is 10.1. The van der Waals surface area contributed by atoms with Gasteiger partial charge in [0.1, 0.15) is 5.82 Å². The minimum absolute atomic E-state index is 0. The van der Waals surface area contributed by atoms with Crippen molar-refractivity contribution in [2.24, 2.45) is 0 Å². The fourth-order valence-electron chi connectivity index (χ4n) is 1.98. The second kappa shape index (κ2) is 5.11. The molecule has 98 valence electrons. The molecule has 2 aromatic carbocycles. The lowest BCUT2D eigenvalue weighted by molar-refractivity contribution is 1.32. The molecule has 0 amide bonds. The van der Waals surface area contributed by atoms with Gasteiger partial charge >= 0.3 is 0 Å². The number of hydrogen-bond donors (Lipinski definition) is 2. The first-order chi connectivity index (χ1) is 8.65. The van der Waals surface area contributed by atoms with Gasteiger partial charge in [0, 0.05) is 5.56 Å². The lowest BCUT2D eigenvalue weighted by Crippen LogP contribution is -1.92. The predicted molar refractivity (Wildman–Crippen MR) is 82.9 cm³/mol. The Balaban J connectivity index is 0.00000133. The minimum Gasteiger partial charge on any atom is -0.397 e. The number of para-hydroxylation sites is 2. The summed E-state index contributed by atoms with van der Waals surface area (Å²) in [7, 11) is 0. The van der Waals surface area contributed by atoms with Crippen LogP contribution >= 0.6 is 24.0 Å². The van der Waals surface area contributed by atoms with Crippen LogP contribution in [0.3, 0.4) is 0 Å². The Hall–Kier alpha value is -1.71. The monoisotopic (exact) mass is 293 g/mol. The SMILES string of the molecule is Cc1cc(-c2nc3ccccc3[nH]2)cc(Cl)c1N.Cl. The Morgan fingerprint density at radius 3 is 2.63 bits per heavy atom. The van der Waals surface area contributed by atoms with Crippen LogP contribution in [0.4, 0.5) is 5.69 Å². The zero-order valence-electron chi connectivity index (χ0n) is 10.3. The minimum atomic E-state index is 0. The molecule has 0 aliphatic rings. The number of halogens is 2. The highest BCUT2D eigenvalue weighted by molar-refractivity contribution is 6.33. The van der Waals surface area contributed by atoms with Gasteiger partial charge in [-0.25, -0.2) is 4.98 Å². The van der Waals surface area contributed by atoms with Crippen LogP contribution in [0.2, 0.25) is 5.02 Å². The molecule has 3 nitrogen and oxygen atoms in total. The van der Waals surface area contributed by atoms with Crippen LogP contribution < -0.4 is 5.73 Å². The number of nitrogens with one attached hydrogen (secondary N) is 1. The third-order valence-corrected chi connectivity index (χ3v) is 3.31. The molecular weight excluding hydrogens is 281 g/mol. The van der Waals surface area contributed by atoms with Gasteiger partial charge < -0.3 is 10.7 Å². The van der Waals surface area contributed by atoms with Crippen LogP contribution in [0.1, 0.15) is 5.56 Å². The van der Waals surface area contributed by atoms with E-state index < -0.39 is 0 Å². The van der Waals surface area contributed by atoms with Crippen LogP contribution in [0.15, 0.2) is 36.4 Å². The zero-order valence-corrected chi connectivity index (χ0v) is 11.8. The van der Waals surface area contributed by atoms with Crippen molar-refractivity contribution < 1.29 is 0 Å². The number of nitrogens with two attached hydrogens (primary N) is 1. The Bertz CT molecular complexity index is 678. The fraction of sp³-hybridized carbons (Fsp3) is 0.0714. The van der Waals surface area contributed by atoms with Gasteiger partial charge in [-0.05, 0) is 36.8 Å². The van der Waals surface area contributed by atoms with E-state index >= 15 is 0 Å². The summed E-state index contributed by atoms with van der Waals surface area (Å²) in [5, 5.41) is 0.561. The van der Waals surface area contributed by atoms with E-state index in [-0.39, 0.29) is 12.4 Å². The van der Waals surface area contributed by atoms with Crippen molar-refractivity contribution in [2.45, 2.75) is 6.92 Å². The van der Waals surface area contributed by atoms with E-state index in [9.17, 15) is 0 Å². The third kappa shape index (κ3) is 2.39. The van der Waals surface area contributed by atoms with Crippen molar-refractivity contribution in [2.75, 3.05) is 5.73 Å². The van der Waals surface area contributed by atoms with Crippen LogP contribution in [0.5, 0.6) is 0 Å². The molecule has 3 rings (SSSR count). The molecule has 0 bridgehead atoms. The first kappa shape index (κ1) is 13.7. The predicted octanol–water partition coefficient (Wildman–Crippen LogP) is 4.20. The Labute approximate surface area is 122 Å². The molecule has 0 aliphatic heterocycles. The maximum atomic E-state index is 6.10. The normalized spacial score (nSPS) is 10.4. The van der Waals surface area contributed by atoms with E-state index in [1.807, 2.05) is 43.3 Å².